The summed E-state index contributed by atoms with van der Waals surface area (Å²) in [5.74, 6) is -0.915. The van der Waals surface area contributed by atoms with Crippen molar-refractivity contribution >= 4 is 12.0 Å². The maximum atomic E-state index is 11.7. The van der Waals surface area contributed by atoms with E-state index in [1.807, 2.05) is 20.8 Å². The first kappa shape index (κ1) is 17.5. The number of nitrogens with one attached hydrogen (secondary N) is 2. The lowest BCUT2D eigenvalue weighted by atomic mass is 9.84. The van der Waals surface area contributed by atoms with E-state index >= 15 is 0 Å². The molecular weight excluding hydrogens is 268 g/mol. The molecule has 0 saturated carbocycles. The molecule has 5 heteroatoms. The van der Waals surface area contributed by atoms with Gasteiger partial charge in [-0.3, -0.25) is 4.79 Å². The van der Waals surface area contributed by atoms with E-state index in [2.05, 4.69) is 22.8 Å². The van der Waals surface area contributed by atoms with Gasteiger partial charge in [0.2, 0.25) is 0 Å². The third-order valence-corrected chi connectivity index (χ3v) is 3.65. The molecule has 2 unspecified atom stereocenters. The van der Waals surface area contributed by atoms with Crippen molar-refractivity contribution in [2.45, 2.75) is 46.5 Å². The largest absolute Gasteiger partial charge is 0.481 e. The molecule has 120 valence electrons. The summed E-state index contributed by atoms with van der Waals surface area (Å²) in [5, 5.41) is 14.7. The number of rotatable bonds is 6. The van der Waals surface area contributed by atoms with Gasteiger partial charge in [0.15, 0.2) is 0 Å². The van der Waals surface area contributed by atoms with Gasteiger partial charge in [-0.25, -0.2) is 4.79 Å². The first-order chi connectivity index (χ1) is 9.78. The Morgan fingerprint density at radius 3 is 2.52 bits per heavy atom. The summed E-state index contributed by atoms with van der Waals surface area (Å²) in [5.41, 5.74) is -0.0738. The topological polar surface area (TPSA) is 78.4 Å². The second-order valence-corrected chi connectivity index (χ2v) is 7.04. The van der Waals surface area contributed by atoms with Gasteiger partial charge in [-0.15, -0.1) is 0 Å². The Balaban J connectivity index is 2.29. The van der Waals surface area contributed by atoms with Crippen LogP contribution in [0.4, 0.5) is 4.79 Å². The van der Waals surface area contributed by atoms with Crippen LogP contribution in [0.15, 0.2) is 12.2 Å². The number of carboxylic acids is 1. The Hall–Kier alpha value is -1.52. The number of carboxylic acid groups (broad SMARTS) is 1. The van der Waals surface area contributed by atoms with Gasteiger partial charge in [-0.1, -0.05) is 32.9 Å². The highest BCUT2D eigenvalue weighted by Gasteiger charge is 2.25. The predicted molar refractivity (Wildman–Crippen MR) is 83.1 cm³/mol. The Morgan fingerprint density at radius 1 is 1.29 bits per heavy atom. The molecule has 1 rings (SSSR count). The van der Waals surface area contributed by atoms with Gasteiger partial charge in [-0.05, 0) is 37.0 Å². The van der Waals surface area contributed by atoms with Crippen LogP contribution in [0, 0.1) is 17.3 Å². The van der Waals surface area contributed by atoms with Crippen molar-refractivity contribution in [3.05, 3.63) is 12.2 Å². The van der Waals surface area contributed by atoms with Crippen molar-refractivity contribution in [1.82, 2.24) is 10.6 Å². The molecule has 0 fully saturated rings. The van der Waals surface area contributed by atoms with Crippen molar-refractivity contribution < 1.29 is 14.7 Å². The second kappa shape index (κ2) is 8.05. The molecule has 3 N–H and O–H groups in total. The van der Waals surface area contributed by atoms with Crippen LogP contribution in [0.25, 0.3) is 0 Å². The quantitative estimate of drug-likeness (QED) is 0.659. The number of aliphatic carboxylic acids is 1. The van der Waals surface area contributed by atoms with Crippen molar-refractivity contribution in [3.8, 4) is 0 Å². The minimum Gasteiger partial charge on any atom is -0.481 e. The Labute approximate surface area is 127 Å². The van der Waals surface area contributed by atoms with Crippen molar-refractivity contribution in [3.63, 3.8) is 0 Å². The number of urea groups is 1. The lowest BCUT2D eigenvalue weighted by Gasteiger charge is -2.24. The molecule has 0 spiro atoms. The van der Waals surface area contributed by atoms with Crippen LogP contribution in [-0.2, 0) is 4.79 Å². The smallest absolute Gasteiger partial charge is 0.314 e. The minimum absolute atomic E-state index is 0.0738. The molecule has 21 heavy (non-hydrogen) atoms. The van der Waals surface area contributed by atoms with Crippen molar-refractivity contribution in [1.29, 1.82) is 0 Å². The average molecular weight is 296 g/mol. The number of hydrogen-bond donors (Lipinski definition) is 3. The summed E-state index contributed by atoms with van der Waals surface area (Å²) >= 11 is 0. The summed E-state index contributed by atoms with van der Waals surface area (Å²) in [4.78, 5) is 23.0. The number of amides is 2. The van der Waals surface area contributed by atoms with Crippen LogP contribution in [0.2, 0.25) is 0 Å². The molecule has 0 aliphatic heterocycles. The van der Waals surface area contributed by atoms with E-state index in [1.165, 1.54) is 0 Å². The summed E-state index contributed by atoms with van der Waals surface area (Å²) in [6.07, 6.45) is 8.02. The van der Waals surface area contributed by atoms with Gasteiger partial charge in [0.1, 0.15) is 0 Å². The van der Waals surface area contributed by atoms with E-state index in [9.17, 15) is 14.7 Å². The molecule has 0 aromatic rings. The van der Waals surface area contributed by atoms with Crippen LogP contribution in [0.5, 0.6) is 0 Å². The van der Waals surface area contributed by atoms with E-state index < -0.39 is 11.9 Å². The molecule has 0 radical (unpaired) electrons. The Morgan fingerprint density at radius 2 is 2.00 bits per heavy atom. The highest BCUT2D eigenvalue weighted by atomic mass is 16.4. The van der Waals surface area contributed by atoms with Gasteiger partial charge >= 0.3 is 12.0 Å². The molecule has 1 aliphatic carbocycles. The van der Waals surface area contributed by atoms with E-state index in [0.717, 1.165) is 19.3 Å². The lowest BCUT2D eigenvalue weighted by molar-refractivity contribution is -0.142. The van der Waals surface area contributed by atoms with Gasteiger partial charge in [0.05, 0.1) is 5.92 Å². The zero-order valence-corrected chi connectivity index (χ0v) is 13.3. The third-order valence-electron chi connectivity index (χ3n) is 3.65. The second-order valence-electron chi connectivity index (χ2n) is 7.04. The summed E-state index contributed by atoms with van der Waals surface area (Å²) < 4.78 is 0. The zero-order valence-electron chi connectivity index (χ0n) is 13.3. The fourth-order valence-corrected chi connectivity index (χ4v) is 2.54. The molecular formula is C16H28N2O3. The fraction of sp³-hybridized carbons (Fsp3) is 0.750. The molecule has 0 aromatic heterocycles. The zero-order chi connectivity index (χ0) is 15.9. The maximum Gasteiger partial charge on any atom is 0.314 e. The van der Waals surface area contributed by atoms with Gasteiger partial charge in [-0.2, -0.15) is 0 Å². The Bertz CT molecular complexity index is 385. The SMILES string of the molecule is CC(C)(C)CC(CNC(=O)NCC1CC=CCC1)C(=O)O. The molecule has 5 nitrogen and oxygen atoms in total. The van der Waals surface area contributed by atoms with Crippen LogP contribution in [-0.4, -0.2) is 30.2 Å². The van der Waals surface area contributed by atoms with E-state index in [1.54, 1.807) is 0 Å². The first-order valence-corrected chi connectivity index (χ1v) is 7.67. The predicted octanol–water partition coefficient (Wildman–Crippen LogP) is 2.78. The average Bonchev–Trinajstić information content (AvgIpc) is 2.41. The van der Waals surface area contributed by atoms with Gasteiger partial charge in [0, 0.05) is 13.1 Å². The molecule has 0 bridgehead atoms. The lowest BCUT2D eigenvalue weighted by Crippen LogP contribution is -2.42. The van der Waals surface area contributed by atoms with Gasteiger partial charge < -0.3 is 15.7 Å². The van der Waals surface area contributed by atoms with Crippen molar-refractivity contribution in [2.75, 3.05) is 13.1 Å². The molecule has 0 saturated heterocycles. The highest BCUT2D eigenvalue weighted by molar-refractivity contribution is 5.75. The molecule has 0 aromatic carbocycles. The van der Waals surface area contributed by atoms with E-state index in [0.29, 0.717) is 18.9 Å². The van der Waals surface area contributed by atoms with Gasteiger partial charge in [0.25, 0.3) is 0 Å². The number of allylic oxidation sites excluding steroid dienone is 2. The molecule has 2 amide bonds. The Kier molecular flexibility index (Phi) is 6.72. The first-order valence-electron chi connectivity index (χ1n) is 7.67. The van der Waals surface area contributed by atoms with E-state index in [-0.39, 0.29) is 18.0 Å². The normalized spacial score (nSPS) is 19.9. The number of carbonyl (C=O) groups is 2. The molecule has 0 heterocycles. The van der Waals surface area contributed by atoms with Crippen molar-refractivity contribution in [2.24, 2.45) is 17.3 Å². The summed E-state index contributed by atoms with van der Waals surface area (Å²) in [6, 6.07) is -0.273. The number of carbonyl (C=O) groups excluding carboxylic acids is 1. The monoisotopic (exact) mass is 296 g/mol. The summed E-state index contributed by atoms with van der Waals surface area (Å²) in [7, 11) is 0. The van der Waals surface area contributed by atoms with Crippen LogP contribution < -0.4 is 10.6 Å². The molecule has 1 aliphatic rings. The van der Waals surface area contributed by atoms with Crippen LogP contribution >= 0.6 is 0 Å². The van der Waals surface area contributed by atoms with E-state index in [4.69, 9.17) is 0 Å². The third kappa shape index (κ3) is 7.73. The maximum absolute atomic E-state index is 11.7. The number of hydrogen-bond acceptors (Lipinski definition) is 2. The van der Waals surface area contributed by atoms with Crippen LogP contribution in [0.1, 0.15) is 46.5 Å². The van der Waals surface area contributed by atoms with Crippen LogP contribution in [0.3, 0.4) is 0 Å². The molecule has 2 atom stereocenters. The minimum atomic E-state index is -0.859. The fourth-order valence-electron chi connectivity index (χ4n) is 2.54. The standard InChI is InChI=1S/C16H28N2O3/c1-16(2,3)9-13(14(19)20)11-18-15(21)17-10-12-7-5-4-6-8-12/h4-5,12-13H,6-11H2,1-3H3,(H,19,20)(H2,17,18,21). The highest BCUT2D eigenvalue weighted by Crippen LogP contribution is 2.24. The summed E-state index contributed by atoms with van der Waals surface area (Å²) in [6.45, 7) is 6.81.